The van der Waals surface area contributed by atoms with Crippen molar-refractivity contribution in [2.45, 2.75) is 0 Å². The van der Waals surface area contributed by atoms with Crippen LogP contribution in [0.15, 0.2) is 18.3 Å². The van der Waals surface area contributed by atoms with Crippen LogP contribution >= 0.6 is 0 Å². The van der Waals surface area contributed by atoms with E-state index in [1.54, 1.807) is 17.9 Å². The topological polar surface area (TPSA) is 53.1 Å². The van der Waals surface area contributed by atoms with Crippen LogP contribution in [0.4, 0.5) is 5.69 Å². The summed E-state index contributed by atoms with van der Waals surface area (Å²) in [5.74, 6) is 0.803. The number of nitrogen functional groups attached to an aromatic ring is 1. The van der Waals surface area contributed by atoms with Crippen LogP contribution in [-0.4, -0.2) is 16.9 Å². The van der Waals surface area contributed by atoms with Crippen LogP contribution in [0.3, 0.4) is 0 Å². The van der Waals surface area contributed by atoms with E-state index in [1.165, 1.54) is 0 Å². The molecule has 1 aromatic heterocycles. The molecule has 68 valence electrons. The molecule has 2 N–H and O–H groups in total. The number of nitrogens with zero attached hydrogens (tertiary/aromatic N) is 2. The summed E-state index contributed by atoms with van der Waals surface area (Å²) in [7, 11) is 3.50. The molecular formula is C9H11N3O. The number of hydrogen-bond donors (Lipinski definition) is 1. The van der Waals surface area contributed by atoms with Crippen LogP contribution in [0.1, 0.15) is 0 Å². The number of aryl methyl sites for hydroxylation is 1. The summed E-state index contributed by atoms with van der Waals surface area (Å²) < 4.78 is 6.91. The molecule has 0 saturated carbocycles. The van der Waals surface area contributed by atoms with Gasteiger partial charge in [-0.3, -0.25) is 4.68 Å². The highest BCUT2D eigenvalue weighted by molar-refractivity contribution is 5.93. The summed E-state index contributed by atoms with van der Waals surface area (Å²) in [5, 5.41) is 5.18. The molecule has 0 aliphatic rings. The molecule has 4 nitrogen and oxygen atoms in total. The zero-order valence-electron chi connectivity index (χ0n) is 7.61. The SMILES string of the molecule is COc1ccc(N)c2nn(C)cc12. The molecule has 0 saturated heterocycles. The van der Waals surface area contributed by atoms with Gasteiger partial charge in [-0.25, -0.2) is 0 Å². The van der Waals surface area contributed by atoms with E-state index in [-0.39, 0.29) is 0 Å². The standard InChI is InChI=1S/C9H11N3O/c1-12-5-6-8(13-2)4-3-7(10)9(6)11-12/h3-5H,10H2,1-2H3. The molecule has 1 heterocycles. The second kappa shape index (κ2) is 2.65. The van der Waals surface area contributed by atoms with Gasteiger partial charge in [0.15, 0.2) is 0 Å². The molecule has 4 heteroatoms. The van der Waals surface area contributed by atoms with Crippen LogP contribution in [0.25, 0.3) is 10.9 Å². The summed E-state index contributed by atoms with van der Waals surface area (Å²) in [6.45, 7) is 0. The maximum absolute atomic E-state index is 5.76. The van der Waals surface area contributed by atoms with Gasteiger partial charge < -0.3 is 10.5 Å². The van der Waals surface area contributed by atoms with Crippen molar-refractivity contribution in [2.24, 2.45) is 7.05 Å². The molecule has 0 bridgehead atoms. The Morgan fingerprint density at radius 2 is 2.23 bits per heavy atom. The number of benzene rings is 1. The lowest BCUT2D eigenvalue weighted by Gasteiger charge is -2.01. The predicted molar refractivity (Wildman–Crippen MR) is 51.7 cm³/mol. The molecule has 0 fully saturated rings. The van der Waals surface area contributed by atoms with Crippen LogP contribution in [0.5, 0.6) is 5.75 Å². The summed E-state index contributed by atoms with van der Waals surface area (Å²) >= 11 is 0. The summed E-state index contributed by atoms with van der Waals surface area (Å²) in [6.07, 6.45) is 1.89. The summed E-state index contributed by atoms with van der Waals surface area (Å²) in [5.41, 5.74) is 7.23. The molecule has 13 heavy (non-hydrogen) atoms. The lowest BCUT2D eigenvalue weighted by molar-refractivity contribution is 0.420. The average Bonchev–Trinajstić information content (AvgIpc) is 2.48. The van der Waals surface area contributed by atoms with Crippen molar-refractivity contribution in [3.8, 4) is 5.75 Å². The predicted octanol–water partition coefficient (Wildman–Crippen LogP) is 1.16. The highest BCUT2D eigenvalue weighted by atomic mass is 16.5. The van der Waals surface area contributed by atoms with Gasteiger partial charge >= 0.3 is 0 Å². The molecule has 0 spiro atoms. The van der Waals surface area contributed by atoms with Gasteiger partial charge in [0.05, 0.1) is 18.2 Å². The number of nitrogens with two attached hydrogens (primary N) is 1. The average molecular weight is 177 g/mol. The minimum absolute atomic E-state index is 0.677. The molecule has 2 rings (SSSR count). The summed E-state index contributed by atoms with van der Waals surface area (Å²) in [6, 6.07) is 3.65. The molecule has 0 aliphatic carbocycles. The van der Waals surface area contributed by atoms with Gasteiger partial charge in [-0.2, -0.15) is 5.10 Å². The van der Waals surface area contributed by atoms with Crippen LogP contribution in [0, 0.1) is 0 Å². The third-order valence-electron chi connectivity index (χ3n) is 2.00. The third kappa shape index (κ3) is 1.11. The fourth-order valence-corrected chi connectivity index (χ4v) is 1.39. The molecule has 0 atom stereocenters. The van der Waals surface area contributed by atoms with Crippen LogP contribution < -0.4 is 10.5 Å². The van der Waals surface area contributed by atoms with Crippen molar-refractivity contribution >= 4 is 16.6 Å². The van der Waals surface area contributed by atoms with E-state index in [0.717, 1.165) is 16.7 Å². The Morgan fingerprint density at radius 3 is 2.92 bits per heavy atom. The minimum Gasteiger partial charge on any atom is -0.496 e. The Balaban J connectivity index is 2.83. The second-order valence-corrected chi connectivity index (χ2v) is 2.92. The van der Waals surface area contributed by atoms with E-state index >= 15 is 0 Å². The highest BCUT2D eigenvalue weighted by Crippen LogP contribution is 2.28. The smallest absolute Gasteiger partial charge is 0.130 e. The second-order valence-electron chi connectivity index (χ2n) is 2.92. The van der Waals surface area contributed by atoms with Gasteiger partial charge in [0, 0.05) is 13.2 Å². The molecule has 1 aromatic carbocycles. The van der Waals surface area contributed by atoms with Crippen molar-refractivity contribution < 1.29 is 4.74 Å². The van der Waals surface area contributed by atoms with Crippen molar-refractivity contribution in [1.29, 1.82) is 0 Å². The first-order valence-corrected chi connectivity index (χ1v) is 3.98. The Labute approximate surface area is 75.9 Å². The first-order valence-electron chi connectivity index (χ1n) is 3.98. The Bertz CT molecular complexity index is 447. The van der Waals surface area contributed by atoms with Crippen molar-refractivity contribution in [2.75, 3.05) is 12.8 Å². The van der Waals surface area contributed by atoms with Gasteiger partial charge in [-0.1, -0.05) is 0 Å². The van der Waals surface area contributed by atoms with Crippen molar-refractivity contribution in [3.05, 3.63) is 18.3 Å². The fraction of sp³-hybridized carbons (Fsp3) is 0.222. The highest BCUT2D eigenvalue weighted by Gasteiger charge is 2.07. The van der Waals surface area contributed by atoms with Crippen molar-refractivity contribution in [1.82, 2.24) is 9.78 Å². The zero-order valence-corrected chi connectivity index (χ0v) is 7.61. The van der Waals surface area contributed by atoms with E-state index in [1.807, 2.05) is 19.3 Å². The molecule has 2 aromatic rings. The number of anilines is 1. The number of ether oxygens (including phenoxy) is 1. The first kappa shape index (κ1) is 7.91. The first-order chi connectivity index (χ1) is 6.22. The summed E-state index contributed by atoms with van der Waals surface area (Å²) in [4.78, 5) is 0. The number of aromatic nitrogens is 2. The van der Waals surface area contributed by atoms with Crippen LogP contribution in [-0.2, 0) is 7.05 Å². The van der Waals surface area contributed by atoms with E-state index in [2.05, 4.69) is 5.10 Å². The fourth-order valence-electron chi connectivity index (χ4n) is 1.39. The monoisotopic (exact) mass is 177 g/mol. The molecule has 0 radical (unpaired) electrons. The molecule has 0 amide bonds. The number of methoxy groups -OCH3 is 1. The largest absolute Gasteiger partial charge is 0.496 e. The van der Waals surface area contributed by atoms with Crippen LogP contribution in [0.2, 0.25) is 0 Å². The Morgan fingerprint density at radius 1 is 1.46 bits per heavy atom. The molecular weight excluding hydrogens is 166 g/mol. The van der Waals surface area contributed by atoms with Gasteiger partial charge in [-0.05, 0) is 12.1 Å². The lowest BCUT2D eigenvalue weighted by atomic mass is 10.2. The van der Waals surface area contributed by atoms with E-state index in [0.29, 0.717) is 5.69 Å². The van der Waals surface area contributed by atoms with E-state index in [9.17, 15) is 0 Å². The normalized spacial score (nSPS) is 10.6. The lowest BCUT2D eigenvalue weighted by Crippen LogP contribution is -1.90. The maximum Gasteiger partial charge on any atom is 0.130 e. The van der Waals surface area contributed by atoms with E-state index in [4.69, 9.17) is 10.5 Å². The molecule has 0 aliphatic heterocycles. The van der Waals surface area contributed by atoms with Gasteiger partial charge in [0.25, 0.3) is 0 Å². The van der Waals surface area contributed by atoms with Gasteiger partial charge in [0.1, 0.15) is 11.3 Å². The Kier molecular flexibility index (Phi) is 1.62. The maximum atomic E-state index is 5.76. The Hall–Kier alpha value is -1.71. The van der Waals surface area contributed by atoms with E-state index < -0.39 is 0 Å². The van der Waals surface area contributed by atoms with Crippen molar-refractivity contribution in [3.63, 3.8) is 0 Å². The number of fused-ring (bicyclic) bond motifs is 1. The minimum atomic E-state index is 0.677. The number of hydrogen-bond acceptors (Lipinski definition) is 3. The number of rotatable bonds is 1. The quantitative estimate of drug-likeness (QED) is 0.665. The zero-order chi connectivity index (χ0) is 9.42. The third-order valence-corrected chi connectivity index (χ3v) is 2.00. The van der Waals surface area contributed by atoms with Gasteiger partial charge in [0.2, 0.25) is 0 Å². The van der Waals surface area contributed by atoms with Gasteiger partial charge in [-0.15, -0.1) is 0 Å². The molecule has 0 unspecified atom stereocenters.